The van der Waals surface area contributed by atoms with Crippen LogP contribution in [0.5, 0.6) is 11.5 Å². The van der Waals surface area contributed by atoms with Gasteiger partial charge in [-0.25, -0.2) is 0 Å². The molecule has 0 fully saturated rings. The molecule has 0 aliphatic heterocycles. The van der Waals surface area contributed by atoms with Crippen LogP contribution >= 0.6 is 0 Å². The first-order valence-electron chi connectivity index (χ1n) is 7.58. The maximum absolute atomic E-state index is 9.19. The van der Waals surface area contributed by atoms with Crippen molar-refractivity contribution in [2.45, 2.75) is 13.2 Å². The van der Waals surface area contributed by atoms with Gasteiger partial charge in [0.15, 0.2) is 6.61 Å². The van der Waals surface area contributed by atoms with Crippen LogP contribution in [0.4, 0.5) is 5.88 Å². The molecular formula is C18H16N4O3. The quantitative estimate of drug-likeness (QED) is 0.708. The minimum atomic E-state index is 0.123. The van der Waals surface area contributed by atoms with Crippen molar-refractivity contribution in [2.24, 2.45) is 0 Å². The Morgan fingerprint density at radius 2 is 1.84 bits per heavy atom. The molecular weight excluding hydrogens is 320 g/mol. The van der Waals surface area contributed by atoms with Gasteiger partial charge < -0.3 is 19.2 Å². The molecule has 0 aliphatic carbocycles. The van der Waals surface area contributed by atoms with E-state index in [1.165, 1.54) is 0 Å². The minimum Gasteiger partial charge on any atom is -0.497 e. The van der Waals surface area contributed by atoms with Gasteiger partial charge in [-0.3, -0.25) is 4.98 Å². The van der Waals surface area contributed by atoms with E-state index in [1.807, 2.05) is 18.2 Å². The van der Waals surface area contributed by atoms with E-state index >= 15 is 0 Å². The number of oxazole rings is 1. The molecule has 1 N–H and O–H groups in total. The second-order valence-corrected chi connectivity index (χ2v) is 5.07. The second-order valence-electron chi connectivity index (χ2n) is 5.07. The second kappa shape index (κ2) is 7.84. The van der Waals surface area contributed by atoms with Crippen molar-refractivity contribution in [1.82, 2.24) is 9.97 Å². The van der Waals surface area contributed by atoms with E-state index in [1.54, 1.807) is 43.8 Å². The van der Waals surface area contributed by atoms with E-state index in [-0.39, 0.29) is 12.3 Å². The first kappa shape index (κ1) is 16.3. The lowest BCUT2D eigenvalue weighted by atomic mass is 10.3. The molecule has 25 heavy (non-hydrogen) atoms. The third-order valence-electron chi connectivity index (χ3n) is 3.40. The fourth-order valence-electron chi connectivity index (χ4n) is 2.12. The first-order valence-corrected chi connectivity index (χ1v) is 7.58. The number of ether oxygens (including phenoxy) is 2. The molecule has 3 aromatic rings. The Morgan fingerprint density at radius 1 is 1.12 bits per heavy atom. The molecule has 0 bridgehead atoms. The van der Waals surface area contributed by atoms with Gasteiger partial charge in [0.05, 0.1) is 7.11 Å². The van der Waals surface area contributed by atoms with Crippen molar-refractivity contribution in [1.29, 1.82) is 5.26 Å². The van der Waals surface area contributed by atoms with Gasteiger partial charge in [0.25, 0.3) is 0 Å². The standard InChI is InChI=1S/C18H16N4O3/c1-23-14-2-4-15(5-3-14)24-12-17-22-16(10-19)18(25-17)21-11-13-6-8-20-9-7-13/h2-9,21H,11-12H2,1H3. The Balaban J connectivity index is 1.62. The molecule has 0 atom stereocenters. The van der Waals surface area contributed by atoms with Gasteiger partial charge in [0.1, 0.15) is 17.6 Å². The summed E-state index contributed by atoms with van der Waals surface area (Å²) in [5, 5.41) is 12.3. The van der Waals surface area contributed by atoms with Crippen LogP contribution < -0.4 is 14.8 Å². The summed E-state index contributed by atoms with van der Waals surface area (Å²) in [4.78, 5) is 8.10. The molecule has 3 rings (SSSR count). The lowest BCUT2D eigenvalue weighted by Crippen LogP contribution is -1.99. The number of nitrogens with zero attached hydrogens (tertiary/aromatic N) is 3. The fraction of sp³-hybridized carbons (Fsp3) is 0.167. The SMILES string of the molecule is COc1ccc(OCc2nc(C#N)c(NCc3ccncc3)o2)cc1. The molecule has 0 saturated carbocycles. The number of hydrogen-bond donors (Lipinski definition) is 1. The molecule has 0 radical (unpaired) electrons. The van der Waals surface area contributed by atoms with Crippen LogP contribution in [0.2, 0.25) is 0 Å². The molecule has 0 saturated heterocycles. The first-order chi connectivity index (χ1) is 12.3. The summed E-state index contributed by atoms with van der Waals surface area (Å²) in [5.41, 5.74) is 1.22. The predicted molar refractivity (Wildman–Crippen MR) is 90.1 cm³/mol. The average Bonchev–Trinajstić information content (AvgIpc) is 3.08. The lowest BCUT2D eigenvalue weighted by molar-refractivity contribution is 0.264. The maximum Gasteiger partial charge on any atom is 0.236 e. The van der Waals surface area contributed by atoms with Crippen molar-refractivity contribution < 1.29 is 13.9 Å². The number of nitrogens with one attached hydrogen (secondary N) is 1. The van der Waals surface area contributed by atoms with Gasteiger partial charge in [-0.15, -0.1) is 0 Å². The zero-order chi connectivity index (χ0) is 17.5. The van der Waals surface area contributed by atoms with E-state index in [0.717, 1.165) is 11.3 Å². The molecule has 7 heteroatoms. The molecule has 0 amide bonds. The molecule has 2 heterocycles. The molecule has 7 nitrogen and oxygen atoms in total. The number of rotatable bonds is 7. The van der Waals surface area contributed by atoms with Gasteiger partial charge in [0, 0.05) is 18.9 Å². The van der Waals surface area contributed by atoms with Crippen LogP contribution in [-0.4, -0.2) is 17.1 Å². The van der Waals surface area contributed by atoms with Crippen LogP contribution in [0.15, 0.2) is 53.2 Å². The zero-order valence-electron chi connectivity index (χ0n) is 13.6. The third-order valence-corrected chi connectivity index (χ3v) is 3.40. The molecule has 126 valence electrons. The van der Waals surface area contributed by atoms with Gasteiger partial charge >= 0.3 is 0 Å². The maximum atomic E-state index is 9.19. The summed E-state index contributed by atoms with van der Waals surface area (Å²) in [6.07, 6.45) is 3.41. The molecule has 0 aliphatic rings. The van der Waals surface area contributed by atoms with E-state index in [0.29, 0.717) is 24.1 Å². The lowest BCUT2D eigenvalue weighted by Gasteiger charge is -2.05. The number of benzene rings is 1. The number of hydrogen-bond acceptors (Lipinski definition) is 7. The average molecular weight is 336 g/mol. The van der Waals surface area contributed by atoms with E-state index in [4.69, 9.17) is 13.9 Å². The zero-order valence-corrected chi connectivity index (χ0v) is 13.6. The van der Waals surface area contributed by atoms with Crippen molar-refractivity contribution in [3.63, 3.8) is 0 Å². The number of pyridine rings is 1. The third kappa shape index (κ3) is 4.26. The number of aromatic nitrogens is 2. The smallest absolute Gasteiger partial charge is 0.236 e. The molecule has 1 aromatic carbocycles. The van der Waals surface area contributed by atoms with Crippen LogP contribution in [0.3, 0.4) is 0 Å². The van der Waals surface area contributed by atoms with E-state index in [2.05, 4.69) is 15.3 Å². The highest BCUT2D eigenvalue weighted by atomic mass is 16.5. The Hall–Kier alpha value is -3.53. The number of methoxy groups -OCH3 is 1. The van der Waals surface area contributed by atoms with E-state index < -0.39 is 0 Å². The summed E-state index contributed by atoms with van der Waals surface area (Å²) in [7, 11) is 1.60. The molecule has 0 unspecified atom stereocenters. The topological polar surface area (TPSA) is 93.2 Å². The van der Waals surface area contributed by atoms with Gasteiger partial charge in [0.2, 0.25) is 17.5 Å². The van der Waals surface area contributed by atoms with Crippen molar-refractivity contribution >= 4 is 5.88 Å². The largest absolute Gasteiger partial charge is 0.497 e. The van der Waals surface area contributed by atoms with Crippen molar-refractivity contribution in [3.05, 3.63) is 65.9 Å². The van der Waals surface area contributed by atoms with Crippen LogP contribution in [0, 0.1) is 11.3 Å². The summed E-state index contributed by atoms with van der Waals surface area (Å²) < 4.78 is 16.3. The summed E-state index contributed by atoms with van der Waals surface area (Å²) in [5.74, 6) is 2.05. The van der Waals surface area contributed by atoms with Crippen molar-refractivity contribution in [3.8, 4) is 17.6 Å². The fourth-order valence-corrected chi connectivity index (χ4v) is 2.12. The van der Waals surface area contributed by atoms with Gasteiger partial charge in [-0.2, -0.15) is 10.2 Å². The van der Waals surface area contributed by atoms with E-state index in [9.17, 15) is 5.26 Å². The summed E-state index contributed by atoms with van der Waals surface area (Å²) in [6, 6.07) is 12.9. The minimum absolute atomic E-state index is 0.123. The van der Waals surface area contributed by atoms with Gasteiger partial charge in [-0.1, -0.05) is 0 Å². The Kier molecular flexibility index (Phi) is 5.12. The Labute approximate surface area is 144 Å². The molecule has 2 aromatic heterocycles. The predicted octanol–water partition coefficient (Wildman–Crippen LogP) is 3.14. The summed E-state index contributed by atoms with van der Waals surface area (Å²) in [6.45, 7) is 0.628. The highest BCUT2D eigenvalue weighted by Crippen LogP contribution is 2.21. The normalized spacial score (nSPS) is 10.1. The number of nitriles is 1. The van der Waals surface area contributed by atoms with Crippen LogP contribution in [0.25, 0.3) is 0 Å². The molecule has 0 spiro atoms. The van der Waals surface area contributed by atoms with Crippen LogP contribution in [-0.2, 0) is 13.2 Å². The van der Waals surface area contributed by atoms with Crippen molar-refractivity contribution in [2.75, 3.05) is 12.4 Å². The Morgan fingerprint density at radius 3 is 2.52 bits per heavy atom. The summed E-state index contributed by atoms with van der Waals surface area (Å²) >= 11 is 0. The monoisotopic (exact) mass is 336 g/mol. The highest BCUT2D eigenvalue weighted by Gasteiger charge is 2.13. The van der Waals surface area contributed by atoms with Gasteiger partial charge in [-0.05, 0) is 42.0 Å². The number of anilines is 1. The van der Waals surface area contributed by atoms with Crippen LogP contribution in [0.1, 0.15) is 17.1 Å². The Bertz CT molecular complexity index is 854. The highest BCUT2D eigenvalue weighted by molar-refractivity contribution is 5.45.